The first kappa shape index (κ1) is 17.7. The van der Waals surface area contributed by atoms with Gasteiger partial charge in [0.1, 0.15) is 5.75 Å². The van der Waals surface area contributed by atoms with Gasteiger partial charge in [0.15, 0.2) is 6.61 Å². The van der Waals surface area contributed by atoms with Crippen LogP contribution in [0, 0.1) is 5.92 Å². The summed E-state index contributed by atoms with van der Waals surface area (Å²) in [6.45, 7) is 5.34. The Morgan fingerprint density at radius 3 is 2.96 bits per heavy atom. The Morgan fingerprint density at radius 1 is 1.36 bits per heavy atom. The zero-order chi connectivity index (χ0) is 17.8. The molecule has 2 aliphatic heterocycles. The fourth-order valence-electron chi connectivity index (χ4n) is 3.34. The van der Waals surface area contributed by atoms with E-state index in [9.17, 15) is 9.59 Å². The van der Waals surface area contributed by atoms with Crippen LogP contribution in [0.3, 0.4) is 0 Å². The van der Waals surface area contributed by atoms with Gasteiger partial charge in [-0.15, -0.1) is 0 Å². The number of hydrogen-bond acceptors (Lipinski definition) is 4. The van der Waals surface area contributed by atoms with Gasteiger partial charge in [0.05, 0.1) is 11.8 Å². The summed E-state index contributed by atoms with van der Waals surface area (Å²) in [4.78, 5) is 26.1. The molecule has 1 fully saturated rings. The van der Waals surface area contributed by atoms with Crippen LogP contribution >= 0.6 is 0 Å². The third-order valence-electron chi connectivity index (χ3n) is 4.79. The van der Waals surface area contributed by atoms with E-state index in [4.69, 9.17) is 9.47 Å². The van der Waals surface area contributed by atoms with Crippen LogP contribution in [-0.2, 0) is 14.3 Å². The molecule has 25 heavy (non-hydrogen) atoms. The maximum absolute atomic E-state index is 12.3. The van der Waals surface area contributed by atoms with E-state index in [-0.39, 0.29) is 37.0 Å². The Hall–Kier alpha value is -2.08. The molecule has 2 heterocycles. The van der Waals surface area contributed by atoms with Crippen molar-refractivity contribution in [2.75, 3.05) is 24.7 Å². The molecule has 0 spiro atoms. The lowest BCUT2D eigenvalue weighted by Crippen LogP contribution is -2.45. The van der Waals surface area contributed by atoms with E-state index >= 15 is 0 Å². The Labute approximate surface area is 148 Å². The predicted octanol–water partition coefficient (Wildman–Crippen LogP) is 2.12. The van der Waals surface area contributed by atoms with Gasteiger partial charge in [0, 0.05) is 25.6 Å². The zero-order valence-corrected chi connectivity index (χ0v) is 14.9. The summed E-state index contributed by atoms with van der Waals surface area (Å²) >= 11 is 0. The van der Waals surface area contributed by atoms with Crippen molar-refractivity contribution in [2.45, 2.75) is 45.3 Å². The maximum atomic E-state index is 12.3. The molecule has 1 N–H and O–H groups in total. The van der Waals surface area contributed by atoms with Crippen molar-refractivity contribution in [1.82, 2.24) is 5.32 Å². The fourth-order valence-corrected chi connectivity index (χ4v) is 3.34. The first-order valence-corrected chi connectivity index (χ1v) is 8.97. The molecule has 136 valence electrons. The molecule has 0 aromatic heterocycles. The highest BCUT2D eigenvalue weighted by molar-refractivity contribution is 5.98. The highest BCUT2D eigenvalue weighted by Crippen LogP contribution is 2.31. The fraction of sp³-hybridized carbons (Fsp3) is 0.579. The highest BCUT2D eigenvalue weighted by Gasteiger charge is 2.28. The second kappa shape index (κ2) is 7.87. The standard InChI is InChI=1S/C19H26N2O4/c1-13(2)17-11-14(8-10-24-17)20-18(22)7-9-21-15-5-3-4-6-16(15)25-12-19(21)23/h3-6,13-14,17H,7-12H2,1-2H3,(H,20,22)/t14-,17+/m0/s1. The number of carbonyl (C=O) groups is 2. The molecule has 0 aliphatic carbocycles. The molecule has 0 radical (unpaired) electrons. The minimum absolute atomic E-state index is 0.0221. The molecule has 1 saturated heterocycles. The van der Waals surface area contributed by atoms with E-state index in [2.05, 4.69) is 19.2 Å². The summed E-state index contributed by atoms with van der Waals surface area (Å²) in [6, 6.07) is 7.57. The van der Waals surface area contributed by atoms with Gasteiger partial charge >= 0.3 is 0 Å². The van der Waals surface area contributed by atoms with E-state index in [0.717, 1.165) is 18.5 Å². The van der Waals surface area contributed by atoms with E-state index in [1.165, 1.54) is 0 Å². The first-order chi connectivity index (χ1) is 12.0. The van der Waals surface area contributed by atoms with E-state index < -0.39 is 0 Å². The van der Waals surface area contributed by atoms with Crippen molar-refractivity contribution in [1.29, 1.82) is 0 Å². The number of amides is 2. The van der Waals surface area contributed by atoms with E-state index in [0.29, 0.717) is 24.8 Å². The quantitative estimate of drug-likeness (QED) is 0.887. The molecule has 2 atom stereocenters. The van der Waals surface area contributed by atoms with Crippen molar-refractivity contribution in [3.63, 3.8) is 0 Å². The number of rotatable bonds is 5. The van der Waals surface area contributed by atoms with Crippen LogP contribution in [0.1, 0.15) is 33.1 Å². The molecule has 0 bridgehead atoms. The van der Waals surface area contributed by atoms with Gasteiger partial charge in [-0.25, -0.2) is 0 Å². The first-order valence-electron chi connectivity index (χ1n) is 8.97. The Bertz CT molecular complexity index is 632. The number of carbonyl (C=O) groups excluding carboxylic acids is 2. The Balaban J connectivity index is 1.53. The number of nitrogens with zero attached hydrogens (tertiary/aromatic N) is 1. The average molecular weight is 346 g/mol. The minimum Gasteiger partial charge on any atom is -0.482 e. The average Bonchev–Trinajstić information content (AvgIpc) is 2.61. The van der Waals surface area contributed by atoms with Gasteiger partial charge in [0.25, 0.3) is 5.91 Å². The minimum atomic E-state index is -0.113. The summed E-state index contributed by atoms with van der Waals surface area (Å²) in [5, 5.41) is 3.09. The Morgan fingerprint density at radius 2 is 2.16 bits per heavy atom. The SMILES string of the molecule is CC(C)[C@H]1C[C@@H](NC(=O)CCN2C(=O)COc3ccccc32)CCO1. The van der Waals surface area contributed by atoms with Gasteiger partial charge in [0.2, 0.25) is 5.91 Å². The summed E-state index contributed by atoms with van der Waals surface area (Å²) < 4.78 is 11.2. The summed E-state index contributed by atoms with van der Waals surface area (Å²) in [5.74, 6) is 0.998. The molecule has 2 amide bonds. The summed E-state index contributed by atoms with van der Waals surface area (Å²) in [7, 11) is 0. The lowest BCUT2D eigenvalue weighted by Gasteiger charge is -2.33. The number of para-hydroxylation sites is 2. The maximum Gasteiger partial charge on any atom is 0.265 e. The number of hydrogen-bond donors (Lipinski definition) is 1. The molecule has 1 aromatic rings. The molecule has 0 unspecified atom stereocenters. The van der Waals surface area contributed by atoms with Crippen molar-refractivity contribution < 1.29 is 19.1 Å². The number of fused-ring (bicyclic) bond motifs is 1. The highest BCUT2D eigenvalue weighted by atomic mass is 16.5. The number of benzene rings is 1. The molecule has 3 rings (SSSR count). The van der Waals surface area contributed by atoms with Crippen LogP contribution in [0.4, 0.5) is 5.69 Å². The molecule has 1 aromatic carbocycles. The molecule has 6 nitrogen and oxygen atoms in total. The predicted molar refractivity (Wildman–Crippen MR) is 94.6 cm³/mol. The summed E-state index contributed by atoms with van der Waals surface area (Å²) in [6.07, 6.45) is 2.17. The second-order valence-corrected chi connectivity index (χ2v) is 6.99. The van der Waals surface area contributed by atoms with Crippen LogP contribution in [-0.4, -0.2) is 43.7 Å². The summed E-state index contributed by atoms with van der Waals surface area (Å²) in [5.41, 5.74) is 0.734. The number of ether oxygens (including phenoxy) is 2. The van der Waals surface area contributed by atoms with Gasteiger partial charge in [-0.3, -0.25) is 9.59 Å². The topological polar surface area (TPSA) is 67.9 Å². The second-order valence-electron chi connectivity index (χ2n) is 6.99. The number of anilines is 1. The largest absolute Gasteiger partial charge is 0.482 e. The van der Waals surface area contributed by atoms with Crippen LogP contribution in [0.15, 0.2) is 24.3 Å². The van der Waals surface area contributed by atoms with Crippen molar-refractivity contribution in [2.24, 2.45) is 5.92 Å². The normalized spacial score (nSPS) is 23.2. The lowest BCUT2D eigenvalue weighted by atomic mass is 9.95. The van der Waals surface area contributed by atoms with Crippen LogP contribution in [0.2, 0.25) is 0 Å². The zero-order valence-electron chi connectivity index (χ0n) is 14.9. The third kappa shape index (κ3) is 4.31. The van der Waals surface area contributed by atoms with Crippen LogP contribution in [0.5, 0.6) is 5.75 Å². The van der Waals surface area contributed by atoms with Crippen molar-refractivity contribution >= 4 is 17.5 Å². The molecule has 2 aliphatic rings. The van der Waals surface area contributed by atoms with Gasteiger partial charge in [-0.1, -0.05) is 26.0 Å². The smallest absolute Gasteiger partial charge is 0.265 e. The molecule has 0 saturated carbocycles. The number of nitrogens with one attached hydrogen (secondary N) is 1. The van der Waals surface area contributed by atoms with E-state index in [1.54, 1.807) is 4.90 Å². The monoisotopic (exact) mass is 346 g/mol. The van der Waals surface area contributed by atoms with Crippen molar-refractivity contribution in [3.05, 3.63) is 24.3 Å². The van der Waals surface area contributed by atoms with Gasteiger partial charge < -0.3 is 19.7 Å². The van der Waals surface area contributed by atoms with Gasteiger partial charge in [-0.05, 0) is 30.9 Å². The van der Waals surface area contributed by atoms with Gasteiger partial charge in [-0.2, -0.15) is 0 Å². The molecular formula is C19H26N2O4. The lowest BCUT2D eigenvalue weighted by molar-refractivity contribution is -0.123. The van der Waals surface area contributed by atoms with Crippen molar-refractivity contribution in [3.8, 4) is 5.75 Å². The molecule has 6 heteroatoms. The Kier molecular flexibility index (Phi) is 5.58. The molecular weight excluding hydrogens is 320 g/mol. The van der Waals surface area contributed by atoms with E-state index in [1.807, 2.05) is 24.3 Å². The van der Waals surface area contributed by atoms with Crippen LogP contribution in [0.25, 0.3) is 0 Å². The van der Waals surface area contributed by atoms with Crippen LogP contribution < -0.4 is 15.0 Å². The third-order valence-corrected chi connectivity index (χ3v) is 4.79.